The molecule has 1 aliphatic carbocycles. The zero-order chi connectivity index (χ0) is 15.5. The minimum absolute atomic E-state index is 0.0763. The molecule has 0 aromatic carbocycles. The van der Waals surface area contributed by atoms with Crippen LogP contribution in [0.2, 0.25) is 0 Å². The van der Waals surface area contributed by atoms with Crippen molar-refractivity contribution in [2.45, 2.75) is 58.0 Å². The second-order valence-corrected chi connectivity index (χ2v) is 5.58. The van der Waals surface area contributed by atoms with Gasteiger partial charge in [0.05, 0.1) is 6.42 Å². The lowest BCUT2D eigenvalue weighted by molar-refractivity contribution is -0.129. The fourth-order valence-corrected chi connectivity index (χ4v) is 2.92. The normalized spacial score (nSPS) is 26.2. The zero-order valence-corrected chi connectivity index (χ0v) is 12.3. The topological polar surface area (TPSA) is 65.2 Å². The SMILES string of the molecule is CCOC1(c2noc(CC(=O)C(F)F)n2)CCCC(C)C1. The van der Waals surface area contributed by atoms with E-state index >= 15 is 0 Å². The van der Waals surface area contributed by atoms with Crippen molar-refractivity contribution in [3.63, 3.8) is 0 Å². The predicted octanol–water partition coefficient (Wildman–Crippen LogP) is 2.89. The number of aromatic nitrogens is 2. The van der Waals surface area contributed by atoms with E-state index in [4.69, 9.17) is 9.26 Å². The monoisotopic (exact) mass is 302 g/mol. The number of Topliss-reactive ketones (excluding diaryl/α,β-unsaturated/α-hetero) is 1. The Hall–Kier alpha value is -1.37. The van der Waals surface area contributed by atoms with Gasteiger partial charge in [-0.2, -0.15) is 4.98 Å². The van der Waals surface area contributed by atoms with Crippen LogP contribution < -0.4 is 0 Å². The van der Waals surface area contributed by atoms with Crippen molar-refractivity contribution in [1.29, 1.82) is 0 Å². The lowest BCUT2D eigenvalue weighted by Crippen LogP contribution is -2.36. The van der Waals surface area contributed by atoms with E-state index in [2.05, 4.69) is 17.1 Å². The van der Waals surface area contributed by atoms with Crippen molar-refractivity contribution in [2.24, 2.45) is 5.92 Å². The Bertz CT molecular complexity index is 488. The number of halogens is 2. The van der Waals surface area contributed by atoms with E-state index in [-0.39, 0.29) is 5.89 Å². The lowest BCUT2D eigenvalue weighted by atomic mass is 9.78. The number of hydrogen-bond donors (Lipinski definition) is 0. The third-order valence-corrected chi connectivity index (χ3v) is 3.82. The van der Waals surface area contributed by atoms with Gasteiger partial charge in [-0.25, -0.2) is 8.78 Å². The maximum absolute atomic E-state index is 12.3. The molecule has 1 aromatic heterocycles. The highest BCUT2D eigenvalue weighted by Gasteiger charge is 2.41. The first-order valence-corrected chi connectivity index (χ1v) is 7.24. The van der Waals surface area contributed by atoms with E-state index in [0.717, 1.165) is 25.7 Å². The van der Waals surface area contributed by atoms with E-state index < -0.39 is 24.2 Å². The van der Waals surface area contributed by atoms with Gasteiger partial charge in [-0.05, 0) is 32.1 Å². The molecule has 1 fully saturated rings. The summed E-state index contributed by atoms with van der Waals surface area (Å²) < 4.78 is 35.3. The molecule has 0 saturated heterocycles. The summed E-state index contributed by atoms with van der Waals surface area (Å²) in [5, 5.41) is 3.87. The highest BCUT2D eigenvalue weighted by molar-refractivity contribution is 5.82. The standard InChI is InChI=1S/C14H20F2N2O3/c1-3-20-14(6-4-5-9(2)8-14)13-17-11(21-18-13)7-10(19)12(15)16/h9,12H,3-8H2,1-2H3. The first-order valence-electron chi connectivity index (χ1n) is 7.24. The maximum Gasteiger partial charge on any atom is 0.296 e. The summed E-state index contributed by atoms with van der Waals surface area (Å²) in [5.74, 6) is -0.455. The second-order valence-electron chi connectivity index (χ2n) is 5.58. The van der Waals surface area contributed by atoms with Gasteiger partial charge >= 0.3 is 0 Å². The number of alkyl halides is 2. The Labute approximate surface area is 122 Å². The molecule has 0 amide bonds. The van der Waals surface area contributed by atoms with E-state index in [0.29, 0.717) is 18.3 Å². The molecule has 1 aliphatic rings. The fourth-order valence-electron chi connectivity index (χ4n) is 2.92. The Morgan fingerprint density at radius 2 is 2.33 bits per heavy atom. The van der Waals surface area contributed by atoms with E-state index in [1.807, 2.05) is 6.92 Å². The first-order chi connectivity index (χ1) is 9.97. The molecule has 2 rings (SSSR count). The zero-order valence-electron chi connectivity index (χ0n) is 12.3. The molecule has 0 aliphatic heterocycles. The summed E-state index contributed by atoms with van der Waals surface area (Å²) >= 11 is 0. The number of rotatable bonds is 6. The minimum atomic E-state index is -3.02. The molecule has 1 saturated carbocycles. The van der Waals surface area contributed by atoms with Crippen LogP contribution in [-0.2, 0) is 21.6 Å². The van der Waals surface area contributed by atoms with Gasteiger partial charge in [0.15, 0.2) is 0 Å². The molecule has 5 nitrogen and oxygen atoms in total. The number of ketones is 1. The Morgan fingerprint density at radius 1 is 1.57 bits per heavy atom. The number of nitrogens with zero attached hydrogens (tertiary/aromatic N) is 2. The molecule has 1 aromatic rings. The van der Waals surface area contributed by atoms with Gasteiger partial charge in [-0.1, -0.05) is 18.5 Å². The summed E-state index contributed by atoms with van der Waals surface area (Å²) in [6.45, 7) is 4.53. The molecular weight excluding hydrogens is 282 g/mol. The van der Waals surface area contributed by atoms with Crippen LogP contribution >= 0.6 is 0 Å². The molecule has 0 radical (unpaired) electrons. The van der Waals surface area contributed by atoms with Crippen LogP contribution in [0.4, 0.5) is 8.78 Å². The molecule has 2 atom stereocenters. The summed E-state index contributed by atoms with van der Waals surface area (Å²) in [6.07, 6.45) is 0.0819. The molecule has 21 heavy (non-hydrogen) atoms. The Morgan fingerprint density at radius 3 is 2.95 bits per heavy atom. The maximum atomic E-state index is 12.3. The highest BCUT2D eigenvalue weighted by atomic mass is 19.3. The third kappa shape index (κ3) is 3.64. The van der Waals surface area contributed by atoms with Gasteiger partial charge in [0.1, 0.15) is 5.60 Å². The van der Waals surface area contributed by atoms with Crippen molar-refractivity contribution in [3.05, 3.63) is 11.7 Å². The molecule has 0 N–H and O–H groups in total. The van der Waals surface area contributed by atoms with Crippen LogP contribution in [0.1, 0.15) is 51.2 Å². The van der Waals surface area contributed by atoms with E-state index in [1.54, 1.807) is 0 Å². The largest absolute Gasteiger partial charge is 0.367 e. The van der Waals surface area contributed by atoms with Crippen molar-refractivity contribution in [2.75, 3.05) is 6.61 Å². The summed E-state index contributed by atoms with van der Waals surface area (Å²) in [7, 11) is 0. The molecule has 118 valence electrons. The molecule has 7 heteroatoms. The first kappa shape index (κ1) is 16.0. The van der Waals surface area contributed by atoms with Gasteiger partial charge in [0, 0.05) is 6.61 Å². The number of hydrogen-bond acceptors (Lipinski definition) is 5. The van der Waals surface area contributed by atoms with Crippen LogP contribution in [0.5, 0.6) is 0 Å². The average Bonchev–Trinajstić information content (AvgIpc) is 2.88. The van der Waals surface area contributed by atoms with Gasteiger partial charge < -0.3 is 9.26 Å². The third-order valence-electron chi connectivity index (χ3n) is 3.82. The van der Waals surface area contributed by atoms with Gasteiger partial charge in [-0.15, -0.1) is 0 Å². The number of carbonyl (C=O) groups excluding carboxylic acids is 1. The van der Waals surface area contributed by atoms with E-state index in [9.17, 15) is 13.6 Å². The van der Waals surface area contributed by atoms with Crippen molar-refractivity contribution in [1.82, 2.24) is 10.1 Å². The van der Waals surface area contributed by atoms with Gasteiger partial charge in [0.25, 0.3) is 6.43 Å². The fraction of sp³-hybridized carbons (Fsp3) is 0.786. The van der Waals surface area contributed by atoms with Gasteiger partial charge in [-0.3, -0.25) is 4.79 Å². The van der Waals surface area contributed by atoms with Crippen molar-refractivity contribution < 1.29 is 22.8 Å². The minimum Gasteiger partial charge on any atom is -0.367 e. The quantitative estimate of drug-likeness (QED) is 0.808. The molecule has 1 heterocycles. The summed E-state index contributed by atoms with van der Waals surface area (Å²) in [4.78, 5) is 15.2. The van der Waals surface area contributed by atoms with Crippen LogP contribution in [0.3, 0.4) is 0 Å². The number of ether oxygens (including phenoxy) is 1. The van der Waals surface area contributed by atoms with Crippen LogP contribution in [0, 0.1) is 5.92 Å². The van der Waals surface area contributed by atoms with Crippen LogP contribution in [0.15, 0.2) is 4.52 Å². The molecular formula is C14H20F2N2O3. The second kappa shape index (κ2) is 6.60. The van der Waals surface area contributed by atoms with Gasteiger partial charge in [0.2, 0.25) is 17.5 Å². The average molecular weight is 302 g/mol. The summed E-state index contributed by atoms with van der Waals surface area (Å²) in [6, 6.07) is 0. The Balaban J connectivity index is 2.18. The molecule has 0 bridgehead atoms. The van der Waals surface area contributed by atoms with Crippen molar-refractivity contribution in [3.8, 4) is 0 Å². The molecule has 2 unspecified atom stereocenters. The Kier molecular flexibility index (Phi) is 5.03. The lowest BCUT2D eigenvalue weighted by Gasteiger charge is -2.37. The van der Waals surface area contributed by atoms with Crippen LogP contribution in [0.25, 0.3) is 0 Å². The predicted molar refractivity (Wildman–Crippen MR) is 69.9 cm³/mol. The summed E-state index contributed by atoms with van der Waals surface area (Å²) in [5.41, 5.74) is -0.623. The van der Waals surface area contributed by atoms with Crippen LogP contribution in [-0.4, -0.2) is 29.0 Å². The highest BCUT2D eigenvalue weighted by Crippen LogP contribution is 2.41. The van der Waals surface area contributed by atoms with Crippen molar-refractivity contribution >= 4 is 5.78 Å². The van der Waals surface area contributed by atoms with E-state index in [1.165, 1.54) is 0 Å². The smallest absolute Gasteiger partial charge is 0.296 e. The molecule has 0 spiro atoms. The number of carbonyl (C=O) groups is 1.